The fourth-order valence-electron chi connectivity index (χ4n) is 1.06. The molecule has 0 radical (unpaired) electrons. The van der Waals surface area contributed by atoms with Crippen molar-refractivity contribution < 1.29 is 9.53 Å². The Morgan fingerprint density at radius 2 is 2.18 bits per heavy atom. The van der Waals surface area contributed by atoms with Crippen LogP contribution in [0.4, 0.5) is 0 Å². The van der Waals surface area contributed by atoms with Crippen molar-refractivity contribution in [3.63, 3.8) is 0 Å². The molecule has 0 aliphatic rings. The van der Waals surface area contributed by atoms with E-state index >= 15 is 0 Å². The van der Waals surface area contributed by atoms with Crippen molar-refractivity contribution in [3.8, 4) is 0 Å². The molecule has 0 heterocycles. The molecule has 1 aromatic carbocycles. The maximum absolute atomic E-state index is 11.1. The van der Waals surface area contributed by atoms with Gasteiger partial charge in [0.2, 0.25) is 0 Å². The standard InChI is InChI=1S/C13H12Cl2O2/c1-9(2)13(16)17-7-3-4-10-5-6-11(14)8-12(10)15/h3-6,8H,1,7H2,2H3. The molecule has 0 aliphatic heterocycles. The SMILES string of the molecule is C=C(C)C(=O)OCC=Cc1ccc(Cl)cc1Cl. The minimum Gasteiger partial charge on any atom is -0.458 e. The summed E-state index contributed by atoms with van der Waals surface area (Å²) in [7, 11) is 0. The molecule has 17 heavy (non-hydrogen) atoms. The molecule has 0 aliphatic carbocycles. The summed E-state index contributed by atoms with van der Waals surface area (Å²) in [6.45, 7) is 5.27. The van der Waals surface area contributed by atoms with Crippen molar-refractivity contribution in [1.29, 1.82) is 0 Å². The molecule has 1 rings (SSSR count). The third-order valence-corrected chi connectivity index (χ3v) is 2.48. The fourth-order valence-corrected chi connectivity index (χ4v) is 1.53. The number of rotatable bonds is 4. The Balaban J connectivity index is 2.54. The van der Waals surface area contributed by atoms with Crippen LogP contribution >= 0.6 is 23.2 Å². The van der Waals surface area contributed by atoms with Gasteiger partial charge in [0.05, 0.1) is 0 Å². The highest BCUT2D eigenvalue weighted by atomic mass is 35.5. The predicted octanol–water partition coefficient (Wildman–Crippen LogP) is 4.13. The van der Waals surface area contributed by atoms with E-state index in [1.807, 2.05) is 0 Å². The van der Waals surface area contributed by atoms with E-state index in [0.717, 1.165) is 5.56 Å². The number of carbonyl (C=O) groups is 1. The fraction of sp³-hybridized carbons (Fsp3) is 0.154. The van der Waals surface area contributed by atoms with Gasteiger partial charge in [0.1, 0.15) is 6.61 Å². The van der Waals surface area contributed by atoms with Crippen LogP contribution in [-0.2, 0) is 9.53 Å². The molecule has 0 atom stereocenters. The number of hydrogen-bond acceptors (Lipinski definition) is 2. The van der Waals surface area contributed by atoms with Gasteiger partial charge in [-0.25, -0.2) is 4.79 Å². The van der Waals surface area contributed by atoms with E-state index in [9.17, 15) is 4.79 Å². The van der Waals surface area contributed by atoms with Crippen LogP contribution in [0.2, 0.25) is 10.0 Å². The molecule has 0 amide bonds. The van der Waals surface area contributed by atoms with E-state index in [1.165, 1.54) is 0 Å². The van der Waals surface area contributed by atoms with Gasteiger partial charge in [0, 0.05) is 15.6 Å². The summed E-state index contributed by atoms with van der Waals surface area (Å²) in [6, 6.07) is 5.19. The molecule has 0 spiro atoms. The van der Waals surface area contributed by atoms with Gasteiger partial charge < -0.3 is 4.74 Å². The average molecular weight is 271 g/mol. The summed E-state index contributed by atoms with van der Waals surface area (Å²) in [5.41, 5.74) is 1.20. The van der Waals surface area contributed by atoms with Crippen LogP contribution in [-0.4, -0.2) is 12.6 Å². The molecule has 0 aromatic heterocycles. The highest BCUT2D eigenvalue weighted by Crippen LogP contribution is 2.21. The molecule has 0 unspecified atom stereocenters. The Labute approximate surface area is 110 Å². The molecule has 0 bridgehead atoms. The van der Waals surface area contributed by atoms with Crippen molar-refractivity contribution >= 4 is 35.2 Å². The number of carbonyl (C=O) groups excluding carboxylic acids is 1. The Morgan fingerprint density at radius 3 is 2.76 bits per heavy atom. The van der Waals surface area contributed by atoms with Crippen molar-refractivity contribution in [2.75, 3.05) is 6.61 Å². The summed E-state index contributed by atoms with van der Waals surface area (Å²) in [4.78, 5) is 11.1. The van der Waals surface area contributed by atoms with Crippen LogP contribution in [0.1, 0.15) is 12.5 Å². The highest BCUT2D eigenvalue weighted by molar-refractivity contribution is 6.35. The Morgan fingerprint density at radius 1 is 1.47 bits per heavy atom. The molecule has 0 saturated heterocycles. The van der Waals surface area contributed by atoms with E-state index in [4.69, 9.17) is 27.9 Å². The second-order valence-corrected chi connectivity index (χ2v) is 4.29. The van der Waals surface area contributed by atoms with Crippen molar-refractivity contribution in [3.05, 3.63) is 52.0 Å². The molecule has 0 N–H and O–H groups in total. The second kappa shape index (κ2) is 6.48. The van der Waals surface area contributed by atoms with Crippen molar-refractivity contribution in [2.24, 2.45) is 0 Å². The van der Waals surface area contributed by atoms with Gasteiger partial charge in [0.15, 0.2) is 0 Å². The summed E-state index contributed by atoms with van der Waals surface area (Å²) in [5, 5.41) is 1.14. The first-order chi connectivity index (χ1) is 8.00. The number of ether oxygens (including phenoxy) is 1. The molecule has 2 nitrogen and oxygen atoms in total. The van der Waals surface area contributed by atoms with Gasteiger partial charge in [-0.3, -0.25) is 0 Å². The lowest BCUT2D eigenvalue weighted by Crippen LogP contribution is -2.04. The smallest absolute Gasteiger partial charge is 0.333 e. The summed E-state index contributed by atoms with van der Waals surface area (Å²) in [6.07, 6.45) is 3.47. The third kappa shape index (κ3) is 4.63. The molecular formula is C13H12Cl2O2. The first-order valence-electron chi connectivity index (χ1n) is 4.95. The lowest BCUT2D eigenvalue weighted by atomic mass is 10.2. The van der Waals surface area contributed by atoms with Gasteiger partial charge >= 0.3 is 5.97 Å². The predicted molar refractivity (Wildman–Crippen MR) is 71.3 cm³/mol. The van der Waals surface area contributed by atoms with Crippen molar-refractivity contribution in [2.45, 2.75) is 6.92 Å². The van der Waals surface area contributed by atoms with Gasteiger partial charge in [-0.15, -0.1) is 0 Å². The Kier molecular flexibility index (Phi) is 5.26. The van der Waals surface area contributed by atoms with E-state index in [2.05, 4.69) is 6.58 Å². The third-order valence-electron chi connectivity index (χ3n) is 1.92. The van der Waals surface area contributed by atoms with Crippen LogP contribution in [0.25, 0.3) is 6.08 Å². The molecule has 0 fully saturated rings. The van der Waals surface area contributed by atoms with E-state index in [-0.39, 0.29) is 6.61 Å². The maximum atomic E-state index is 11.1. The largest absolute Gasteiger partial charge is 0.458 e. The minimum absolute atomic E-state index is 0.185. The number of hydrogen-bond donors (Lipinski definition) is 0. The number of benzene rings is 1. The van der Waals surface area contributed by atoms with E-state index in [0.29, 0.717) is 15.6 Å². The van der Waals surface area contributed by atoms with Crippen LogP contribution in [0.15, 0.2) is 36.4 Å². The average Bonchev–Trinajstić information content (AvgIpc) is 2.26. The Bertz CT molecular complexity index is 464. The zero-order chi connectivity index (χ0) is 12.8. The molecule has 0 saturated carbocycles. The summed E-state index contributed by atoms with van der Waals surface area (Å²) >= 11 is 11.7. The first kappa shape index (κ1) is 13.8. The zero-order valence-corrected chi connectivity index (χ0v) is 10.9. The number of esters is 1. The van der Waals surface area contributed by atoms with Crippen LogP contribution in [0.3, 0.4) is 0 Å². The molecule has 1 aromatic rings. The second-order valence-electron chi connectivity index (χ2n) is 3.45. The highest BCUT2D eigenvalue weighted by Gasteiger charge is 2.00. The molecule has 90 valence electrons. The van der Waals surface area contributed by atoms with Crippen LogP contribution < -0.4 is 0 Å². The maximum Gasteiger partial charge on any atom is 0.333 e. The van der Waals surface area contributed by atoms with Crippen LogP contribution in [0, 0.1) is 0 Å². The number of halogens is 2. The summed E-state index contributed by atoms with van der Waals surface area (Å²) in [5.74, 6) is -0.406. The summed E-state index contributed by atoms with van der Waals surface area (Å²) < 4.78 is 4.89. The minimum atomic E-state index is -0.406. The quantitative estimate of drug-likeness (QED) is 0.608. The zero-order valence-electron chi connectivity index (χ0n) is 9.37. The van der Waals surface area contributed by atoms with Gasteiger partial charge in [-0.1, -0.05) is 41.9 Å². The lowest BCUT2D eigenvalue weighted by molar-refractivity contribution is -0.137. The van der Waals surface area contributed by atoms with Crippen molar-refractivity contribution in [1.82, 2.24) is 0 Å². The van der Waals surface area contributed by atoms with E-state index in [1.54, 1.807) is 37.3 Å². The van der Waals surface area contributed by atoms with Gasteiger partial charge in [-0.2, -0.15) is 0 Å². The monoisotopic (exact) mass is 270 g/mol. The first-order valence-corrected chi connectivity index (χ1v) is 5.70. The normalized spacial score (nSPS) is 10.5. The lowest BCUT2D eigenvalue weighted by Gasteiger charge is -2.01. The topological polar surface area (TPSA) is 26.3 Å². The van der Waals surface area contributed by atoms with Crippen LogP contribution in [0.5, 0.6) is 0 Å². The molecule has 4 heteroatoms. The van der Waals surface area contributed by atoms with E-state index < -0.39 is 5.97 Å². The Hall–Kier alpha value is -1.25. The molecular weight excluding hydrogens is 259 g/mol. The van der Waals surface area contributed by atoms with Gasteiger partial charge in [-0.05, 0) is 30.7 Å². The van der Waals surface area contributed by atoms with Gasteiger partial charge in [0.25, 0.3) is 0 Å².